The van der Waals surface area contributed by atoms with E-state index in [-0.39, 0.29) is 68.2 Å². The molecule has 3 aliphatic heterocycles. The number of ether oxygens (including phenoxy) is 11. The molecule has 22 heteroatoms. The molecule has 0 bridgehead atoms. The predicted octanol–water partition coefficient (Wildman–Crippen LogP) is 5.17. The van der Waals surface area contributed by atoms with E-state index >= 15 is 0 Å². The molecule has 1 fully saturated rings. The Morgan fingerprint density at radius 1 is 0.824 bits per heavy atom. The van der Waals surface area contributed by atoms with E-state index in [4.69, 9.17) is 58.5 Å². The fourth-order valence-corrected chi connectivity index (χ4v) is 9.06. The summed E-state index contributed by atoms with van der Waals surface area (Å²) in [6, 6.07) is 15.1. The summed E-state index contributed by atoms with van der Waals surface area (Å²) in [5, 5.41) is 2.72. The van der Waals surface area contributed by atoms with Gasteiger partial charge in [-0.15, -0.1) is 6.42 Å². The largest absolute Gasteiger partial charge is 0.497 e. The summed E-state index contributed by atoms with van der Waals surface area (Å²) in [5.74, 6) is -0.783. The van der Waals surface area contributed by atoms with Crippen LogP contribution in [0.1, 0.15) is 54.2 Å². The van der Waals surface area contributed by atoms with Gasteiger partial charge in [-0.05, 0) is 65.6 Å². The van der Waals surface area contributed by atoms with E-state index in [1.165, 1.54) is 35.1 Å². The van der Waals surface area contributed by atoms with Crippen molar-refractivity contribution in [2.75, 3.05) is 52.7 Å². The molecule has 0 radical (unpaired) electrons. The van der Waals surface area contributed by atoms with E-state index in [2.05, 4.69) is 30.9 Å². The molecule has 0 aromatic heterocycles. The fraction of sp³-hybridized carbons (Fsp3) is 0.442. The maximum atomic E-state index is 14.5. The van der Waals surface area contributed by atoms with Crippen LogP contribution in [0.2, 0.25) is 25.7 Å². The van der Waals surface area contributed by atoms with Gasteiger partial charge in [0, 0.05) is 66.2 Å². The summed E-state index contributed by atoms with van der Waals surface area (Å²) in [6.45, 7) is 9.73. The molecular formula is C52H61N3O18Si. The Labute approximate surface area is 429 Å². The Morgan fingerprint density at radius 2 is 1.50 bits per heavy atom. The molecule has 1 saturated heterocycles. The summed E-state index contributed by atoms with van der Waals surface area (Å²) in [7, 11) is 2.62. The number of terminal acetylenes is 1. The number of amides is 3. The van der Waals surface area contributed by atoms with Gasteiger partial charge in [-0.25, -0.2) is 9.59 Å². The highest BCUT2D eigenvalue weighted by Gasteiger charge is 2.56. The number of hydrogen-bond donors (Lipinski definition) is 1. The molecule has 0 saturated carbocycles. The lowest BCUT2D eigenvalue weighted by molar-refractivity contribution is -0.282. The maximum Gasteiger partial charge on any atom is 0.407 e. The number of fused-ring (bicyclic) bond motifs is 2. The zero-order valence-electron chi connectivity index (χ0n) is 42.7. The minimum atomic E-state index is -1.70. The quantitative estimate of drug-likeness (QED) is 0.0476. The van der Waals surface area contributed by atoms with E-state index in [0.29, 0.717) is 34.9 Å². The van der Waals surface area contributed by atoms with Crippen molar-refractivity contribution in [3.05, 3.63) is 83.1 Å². The van der Waals surface area contributed by atoms with Gasteiger partial charge in [-0.1, -0.05) is 37.7 Å². The summed E-state index contributed by atoms with van der Waals surface area (Å²) in [4.78, 5) is 94.7. The standard InChI is InChI=1S/C52H61N3O18Si/c1-11-20-67-43-25-38(72-51-47(71-32(4)58)45(70-31(3)57)44(69-30(2)56)46(73-51)50(61)65-7)17-14-35(43)28-68-52(62)53-19-18-34-23-40-39(26-42(34)64-6)48(59)54-27-36(33-12-15-37(63-5)16-13-33)24-41(54)49(60)55(40)29-66-21-22-74(8,9)10/h1,12-17,23,25-27,41,44-47,51H,18-22,24,28-29H2,2-10H3,(H,53,62). The van der Waals surface area contributed by atoms with Crippen LogP contribution in [0.4, 0.5) is 10.5 Å². The van der Waals surface area contributed by atoms with Crippen molar-refractivity contribution in [2.45, 2.75) is 103 Å². The lowest BCUT2D eigenvalue weighted by atomic mass is 9.97. The molecule has 3 aliphatic rings. The summed E-state index contributed by atoms with van der Waals surface area (Å²) < 4.78 is 61.5. The lowest BCUT2D eigenvalue weighted by Gasteiger charge is -2.43. The van der Waals surface area contributed by atoms with Crippen LogP contribution in [-0.4, -0.2) is 139 Å². The third kappa shape index (κ3) is 13.9. The zero-order chi connectivity index (χ0) is 53.9. The van der Waals surface area contributed by atoms with Gasteiger partial charge in [-0.3, -0.25) is 28.9 Å². The predicted molar refractivity (Wildman–Crippen MR) is 266 cm³/mol. The summed E-state index contributed by atoms with van der Waals surface area (Å²) in [6.07, 6.45) is -1.23. The summed E-state index contributed by atoms with van der Waals surface area (Å²) >= 11 is 0. The molecule has 21 nitrogen and oxygen atoms in total. The molecule has 3 aromatic carbocycles. The molecule has 396 valence electrons. The molecule has 74 heavy (non-hydrogen) atoms. The number of rotatable bonds is 21. The number of hydrogen-bond acceptors (Lipinski definition) is 18. The minimum Gasteiger partial charge on any atom is -0.497 e. The highest BCUT2D eigenvalue weighted by atomic mass is 28.3. The second-order valence-electron chi connectivity index (χ2n) is 18.4. The fourth-order valence-electron chi connectivity index (χ4n) is 8.30. The normalized spacial score (nSPS) is 20.1. The number of nitrogens with zero attached hydrogens (tertiary/aromatic N) is 2. The Hall–Kier alpha value is -7.61. The maximum absolute atomic E-state index is 14.5. The van der Waals surface area contributed by atoms with Gasteiger partial charge >= 0.3 is 30.0 Å². The van der Waals surface area contributed by atoms with Crippen molar-refractivity contribution < 1.29 is 85.7 Å². The second-order valence-corrected chi connectivity index (χ2v) is 24.0. The number of esters is 4. The molecule has 0 aliphatic carbocycles. The van der Waals surface area contributed by atoms with Gasteiger partial charge in [0.15, 0.2) is 18.3 Å². The van der Waals surface area contributed by atoms with Crippen LogP contribution >= 0.6 is 0 Å². The highest BCUT2D eigenvalue weighted by molar-refractivity contribution is 6.76. The van der Waals surface area contributed by atoms with Gasteiger partial charge in [0.25, 0.3) is 11.8 Å². The monoisotopic (exact) mass is 1040 g/mol. The smallest absolute Gasteiger partial charge is 0.407 e. The van der Waals surface area contributed by atoms with Gasteiger partial charge < -0.3 is 62.3 Å². The molecular weight excluding hydrogens is 983 g/mol. The third-order valence-corrected chi connectivity index (χ3v) is 13.6. The Kier molecular flexibility index (Phi) is 18.7. The average Bonchev–Trinajstić information content (AvgIpc) is 3.79. The van der Waals surface area contributed by atoms with Crippen molar-refractivity contribution in [2.24, 2.45) is 0 Å². The Bertz CT molecular complexity index is 2660. The first-order valence-electron chi connectivity index (χ1n) is 23.5. The molecule has 6 rings (SSSR count). The SMILES string of the molecule is C#CCOc1cc(OC2OC(C(=O)OC)C(OC(C)=O)C(OC(C)=O)C2OC(C)=O)ccc1COC(=O)NCCc1cc2c(cc1OC)C(=O)N1C=C(c3ccc(OC)cc3)CC1C(=O)N2COCC[Si](C)(C)C. The lowest BCUT2D eigenvalue weighted by Crippen LogP contribution is -2.64. The van der Waals surface area contributed by atoms with Crippen molar-refractivity contribution in [1.82, 2.24) is 10.2 Å². The van der Waals surface area contributed by atoms with Crippen LogP contribution < -0.4 is 29.2 Å². The van der Waals surface area contributed by atoms with Crippen LogP contribution in [-0.2, 0) is 70.2 Å². The van der Waals surface area contributed by atoms with E-state index in [9.17, 15) is 33.6 Å². The number of carbonyl (C=O) groups is 7. The van der Waals surface area contributed by atoms with Crippen LogP contribution in [0.25, 0.3) is 5.57 Å². The minimum absolute atomic E-state index is 0.00784. The van der Waals surface area contributed by atoms with E-state index in [1.807, 2.05) is 24.3 Å². The van der Waals surface area contributed by atoms with E-state index in [0.717, 1.165) is 45.1 Å². The number of nitrogens with one attached hydrogen (secondary N) is 1. The number of alkyl carbamates (subject to hydrolysis) is 1. The first kappa shape index (κ1) is 55.7. The van der Waals surface area contributed by atoms with E-state index in [1.54, 1.807) is 25.4 Å². The van der Waals surface area contributed by atoms with Crippen molar-refractivity contribution in [1.29, 1.82) is 0 Å². The molecule has 3 aromatic rings. The number of carbonyl (C=O) groups excluding carboxylic acids is 7. The summed E-state index contributed by atoms with van der Waals surface area (Å²) in [5.41, 5.74) is 3.19. The molecule has 6 atom stereocenters. The average molecular weight is 1040 g/mol. The Balaban J connectivity index is 1.18. The van der Waals surface area contributed by atoms with Crippen LogP contribution in [0.15, 0.2) is 60.8 Å². The molecule has 3 amide bonds. The zero-order valence-corrected chi connectivity index (χ0v) is 43.7. The van der Waals surface area contributed by atoms with Crippen LogP contribution in [0.3, 0.4) is 0 Å². The number of benzene rings is 3. The first-order chi connectivity index (χ1) is 35.2. The molecule has 0 spiro atoms. The van der Waals surface area contributed by atoms with Crippen molar-refractivity contribution in [3.8, 4) is 35.3 Å². The number of anilines is 1. The Morgan fingerprint density at radius 3 is 2.14 bits per heavy atom. The number of methoxy groups -OCH3 is 3. The molecule has 3 heterocycles. The molecule has 1 N–H and O–H groups in total. The topological polar surface area (TPSA) is 240 Å². The highest BCUT2D eigenvalue weighted by Crippen LogP contribution is 2.40. The molecule has 6 unspecified atom stereocenters. The second kappa shape index (κ2) is 24.9. The van der Waals surface area contributed by atoms with Crippen molar-refractivity contribution in [3.63, 3.8) is 0 Å². The van der Waals surface area contributed by atoms with Gasteiger partial charge in [0.05, 0.1) is 32.6 Å². The van der Waals surface area contributed by atoms with Gasteiger partial charge in [0.2, 0.25) is 12.4 Å². The van der Waals surface area contributed by atoms with Gasteiger partial charge in [0.1, 0.15) is 49.0 Å². The van der Waals surface area contributed by atoms with E-state index < -0.39 is 74.8 Å². The third-order valence-electron chi connectivity index (χ3n) is 11.9. The van der Waals surface area contributed by atoms with Crippen LogP contribution in [0.5, 0.6) is 23.0 Å². The van der Waals surface area contributed by atoms with Crippen LogP contribution in [0, 0.1) is 12.3 Å². The van der Waals surface area contributed by atoms with Gasteiger partial charge in [-0.2, -0.15) is 0 Å². The van der Waals surface area contributed by atoms with Crippen molar-refractivity contribution >= 4 is 61.1 Å². The first-order valence-corrected chi connectivity index (χ1v) is 27.3.